The van der Waals surface area contributed by atoms with Gasteiger partial charge in [-0.25, -0.2) is 0 Å². The first-order chi connectivity index (χ1) is 21.7. The number of carbonyl (C=O) groups excluding carboxylic acids is 2. The standard InChI is InChI=1S/C33H41F6N5O2/c34-32(35,36)27-8-4-7-25(18-27)26(17-21-9-11-24(12-10-21)29(40)41)20-44(31(46)33(37,38)39)28(23-5-2-1-3-6-23)30(45)43-19-22-13-15-42-16-14-22/h4,7-12,18,22-23,26,28,42H,1-3,5-6,13-17,19-20H2,(H3,40,41)(H,43,45). The van der Waals surface area contributed by atoms with Gasteiger partial charge in [-0.1, -0.05) is 61.7 Å². The summed E-state index contributed by atoms with van der Waals surface area (Å²) in [6.07, 6.45) is -5.33. The summed E-state index contributed by atoms with van der Waals surface area (Å²) in [4.78, 5) is 27.6. The van der Waals surface area contributed by atoms with E-state index in [1.165, 1.54) is 12.1 Å². The predicted octanol–water partition coefficient (Wildman–Crippen LogP) is 5.77. The van der Waals surface area contributed by atoms with E-state index < -0.39 is 54.2 Å². The van der Waals surface area contributed by atoms with E-state index in [9.17, 15) is 35.9 Å². The summed E-state index contributed by atoms with van der Waals surface area (Å²) in [5.41, 5.74) is 5.61. The molecule has 1 aliphatic heterocycles. The molecule has 2 aromatic carbocycles. The van der Waals surface area contributed by atoms with E-state index in [1.807, 2.05) is 0 Å². The minimum Gasteiger partial charge on any atom is -0.384 e. The minimum absolute atomic E-state index is 0.0325. The van der Waals surface area contributed by atoms with Crippen molar-refractivity contribution in [3.8, 4) is 0 Å². The fraction of sp³-hybridized carbons (Fsp3) is 0.545. The normalized spacial score (nSPS) is 18.0. The van der Waals surface area contributed by atoms with Gasteiger partial charge >= 0.3 is 18.3 Å². The fourth-order valence-corrected chi connectivity index (χ4v) is 6.58. The zero-order valence-corrected chi connectivity index (χ0v) is 25.5. The van der Waals surface area contributed by atoms with Gasteiger partial charge in [0, 0.05) is 24.6 Å². The van der Waals surface area contributed by atoms with Gasteiger partial charge in [0.15, 0.2) is 0 Å². The largest absolute Gasteiger partial charge is 0.471 e. The van der Waals surface area contributed by atoms with Crippen molar-refractivity contribution < 1.29 is 35.9 Å². The van der Waals surface area contributed by atoms with Crippen LogP contribution in [0.4, 0.5) is 26.3 Å². The molecule has 0 bridgehead atoms. The molecule has 2 unspecified atom stereocenters. The molecule has 46 heavy (non-hydrogen) atoms. The molecule has 0 radical (unpaired) electrons. The number of alkyl halides is 6. The van der Waals surface area contributed by atoms with Gasteiger partial charge in [0.05, 0.1) is 5.56 Å². The average molecular weight is 654 g/mol. The predicted molar refractivity (Wildman–Crippen MR) is 162 cm³/mol. The van der Waals surface area contributed by atoms with Gasteiger partial charge in [0.1, 0.15) is 11.9 Å². The van der Waals surface area contributed by atoms with Crippen molar-refractivity contribution in [3.63, 3.8) is 0 Å². The van der Waals surface area contributed by atoms with Crippen LogP contribution in [0.3, 0.4) is 0 Å². The van der Waals surface area contributed by atoms with Crippen molar-refractivity contribution in [2.24, 2.45) is 17.6 Å². The van der Waals surface area contributed by atoms with Crippen molar-refractivity contribution >= 4 is 17.6 Å². The first kappa shape index (κ1) is 35.2. The summed E-state index contributed by atoms with van der Waals surface area (Å²) >= 11 is 0. The van der Waals surface area contributed by atoms with Crippen LogP contribution < -0.4 is 16.4 Å². The number of piperidine rings is 1. The highest BCUT2D eigenvalue weighted by atomic mass is 19.4. The van der Waals surface area contributed by atoms with E-state index in [2.05, 4.69) is 10.6 Å². The molecular weight excluding hydrogens is 612 g/mol. The summed E-state index contributed by atoms with van der Waals surface area (Å²) in [6.45, 7) is 1.15. The van der Waals surface area contributed by atoms with E-state index in [1.54, 1.807) is 24.3 Å². The highest BCUT2D eigenvalue weighted by Gasteiger charge is 2.49. The van der Waals surface area contributed by atoms with Crippen molar-refractivity contribution in [2.45, 2.75) is 75.7 Å². The summed E-state index contributed by atoms with van der Waals surface area (Å²) in [5, 5.41) is 13.7. The van der Waals surface area contributed by atoms with Crippen molar-refractivity contribution in [3.05, 3.63) is 70.8 Å². The Bertz CT molecular complexity index is 1340. The number of amides is 2. The van der Waals surface area contributed by atoms with Crippen LogP contribution in [0, 0.1) is 17.2 Å². The Balaban J connectivity index is 1.74. The van der Waals surface area contributed by atoms with Gasteiger partial charge in [-0.2, -0.15) is 26.3 Å². The first-order valence-corrected chi connectivity index (χ1v) is 15.7. The molecule has 1 saturated heterocycles. The monoisotopic (exact) mass is 653 g/mol. The van der Waals surface area contributed by atoms with Crippen LogP contribution >= 0.6 is 0 Å². The van der Waals surface area contributed by atoms with Crippen LogP contribution in [0.5, 0.6) is 0 Å². The molecule has 0 aromatic heterocycles. The van der Waals surface area contributed by atoms with Crippen molar-refractivity contribution in [1.29, 1.82) is 5.41 Å². The topological polar surface area (TPSA) is 111 Å². The lowest BCUT2D eigenvalue weighted by atomic mass is 9.81. The second kappa shape index (κ2) is 15.3. The number of nitrogens with two attached hydrogens (primary N) is 1. The number of benzene rings is 2. The average Bonchev–Trinajstić information content (AvgIpc) is 3.03. The maximum atomic E-state index is 14.3. The van der Waals surface area contributed by atoms with Crippen LogP contribution in [-0.2, 0) is 22.2 Å². The number of nitrogen functional groups attached to an aromatic ring is 1. The molecular formula is C33H41F6N5O2. The van der Waals surface area contributed by atoms with Crippen molar-refractivity contribution in [2.75, 3.05) is 26.2 Å². The molecule has 1 saturated carbocycles. The van der Waals surface area contributed by atoms with Crippen LogP contribution in [0.25, 0.3) is 0 Å². The van der Waals surface area contributed by atoms with Crippen LogP contribution in [-0.4, -0.2) is 60.9 Å². The number of hydrogen-bond acceptors (Lipinski definition) is 4. The number of hydrogen-bond donors (Lipinski definition) is 4. The Morgan fingerprint density at radius 2 is 1.61 bits per heavy atom. The summed E-state index contributed by atoms with van der Waals surface area (Å²) in [5.74, 6) is -4.49. The van der Waals surface area contributed by atoms with Gasteiger partial charge in [-0.15, -0.1) is 0 Å². The third-order valence-electron chi connectivity index (χ3n) is 9.08. The maximum Gasteiger partial charge on any atom is 0.471 e. The van der Waals surface area contributed by atoms with Gasteiger partial charge in [-0.3, -0.25) is 15.0 Å². The molecule has 2 aromatic rings. The van der Waals surface area contributed by atoms with E-state index in [4.69, 9.17) is 11.1 Å². The van der Waals surface area contributed by atoms with Crippen LogP contribution in [0.2, 0.25) is 0 Å². The summed E-state index contributed by atoms with van der Waals surface area (Å²) in [7, 11) is 0. The van der Waals surface area contributed by atoms with E-state index in [-0.39, 0.29) is 30.3 Å². The SMILES string of the molecule is N=C(N)c1ccc(CC(CN(C(=O)C(F)(F)F)C(C(=O)NCC2CCNCC2)C2CCCCC2)c2cccc(C(F)(F)F)c2)cc1. The second-order valence-corrected chi connectivity index (χ2v) is 12.4. The van der Waals surface area contributed by atoms with Crippen LogP contribution in [0.15, 0.2) is 48.5 Å². The molecule has 5 N–H and O–H groups in total. The third kappa shape index (κ3) is 9.46. The Hall–Kier alpha value is -3.61. The highest BCUT2D eigenvalue weighted by Crippen LogP contribution is 2.36. The van der Waals surface area contributed by atoms with Crippen LogP contribution in [0.1, 0.15) is 73.1 Å². The number of nitrogens with one attached hydrogen (secondary N) is 3. The van der Waals surface area contributed by atoms with Gasteiger partial charge in [-0.05, 0) is 74.2 Å². The minimum atomic E-state index is -5.32. The lowest BCUT2D eigenvalue weighted by Crippen LogP contribution is -2.58. The number of rotatable bonds is 11. The Labute approximate surface area is 264 Å². The molecule has 13 heteroatoms. The number of nitrogens with zero attached hydrogens (tertiary/aromatic N) is 1. The Kier molecular flexibility index (Phi) is 11.7. The zero-order chi connectivity index (χ0) is 33.5. The number of carbonyl (C=O) groups is 2. The van der Waals surface area contributed by atoms with Gasteiger partial charge in [0.25, 0.3) is 0 Å². The quantitative estimate of drug-likeness (QED) is 0.140. The lowest BCUT2D eigenvalue weighted by molar-refractivity contribution is -0.190. The molecule has 252 valence electrons. The number of halogens is 6. The maximum absolute atomic E-state index is 14.3. The Morgan fingerprint density at radius 1 is 0.957 bits per heavy atom. The second-order valence-electron chi connectivity index (χ2n) is 12.4. The lowest BCUT2D eigenvalue weighted by Gasteiger charge is -2.40. The first-order valence-electron chi connectivity index (χ1n) is 15.7. The van der Waals surface area contributed by atoms with E-state index >= 15 is 0 Å². The molecule has 0 spiro atoms. The summed E-state index contributed by atoms with van der Waals surface area (Å²) in [6, 6.07) is 9.17. The fourth-order valence-electron chi connectivity index (χ4n) is 6.58. The Morgan fingerprint density at radius 3 is 2.20 bits per heavy atom. The molecule has 7 nitrogen and oxygen atoms in total. The molecule has 2 aliphatic rings. The van der Waals surface area contributed by atoms with E-state index in [0.717, 1.165) is 44.5 Å². The highest BCUT2D eigenvalue weighted by molar-refractivity contribution is 5.94. The summed E-state index contributed by atoms with van der Waals surface area (Å²) < 4.78 is 84.0. The zero-order valence-electron chi connectivity index (χ0n) is 25.5. The van der Waals surface area contributed by atoms with E-state index in [0.29, 0.717) is 41.7 Å². The molecule has 2 amide bonds. The van der Waals surface area contributed by atoms with Gasteiger partial charge in [0.2, 0.25) is 5.91 Å². The molecule has 2 fully saturated rings. The molecule has 1 aliphatic carbocycles. The molecule has 2 atom stereocenters. The van der Waals surface area contributed by atoms with Crippen molar-refractivity contribution in [1.82, 2.24) is 15.5 Å². The molecule has 1 heterocycles. The smallest absolute Gasteiger partial charge is 0.384 e. The number of amidine groups is 1. The third-order valence-corrected chi connectivity index (χ3v) is 9.08. The van der Waals surface area contributed by atoms with Gasteiger partial charge < -0.3 is 21.3 Å². The molecule has 4 rings (SSSR count).